The summed E-state index contributed by atoms with van der Waals surface area (Å²) in [5.41, 5.74) is 0. The molecule has 8 nitrogen and oxygen atoms in total. The zero-order chi connectivity index (χ0) is 36.5. The molecule has 0 bridgehead atoms. The second-order valence-electron chi connectivity index (χ2n) is 15.7. The van der Waals surface area contributed by atoms with Crippen molar-refractivity contribution in [1.82, 2.24) is 5.32 Å². The van der Waals surface area contributed by atoms with E-state index >= 15 is 0 Å². The number of phosphoric acid groups is 1. The normalized spacial score (nSPS) is 14.5. The van der Waals surface area contributed by atoms with Gasteiger partial charge >= 0.3 is 0 Å². The number of phosphoric ester groups is 1. The van der Waals surface area contributed by atoms with E-state index in [2.05, 4.69) is 19.2 Å². The molecule has 0 rings (SSSR count). The number of aliphatic hydroxyl groups excluding tert-OH is 1. The quantitative estimate of drug-likeness (QED) is 0.0374. The molecule has 0 spiro atoms. The van der Waals surface area contributed by atoms with Gasteiger partial charge in [-0.3, -0.25) is 9.36 Å². The molecule has 1 amide bonds. The molecule has 3 atom stereocenters. The van der Waals surface area contributed by atoms with Crippen molar-refractivity contribution in [2.45, 2.75) is 212 Å². The number of carbonyl (C=O) groups excluding carboxylic acids is 1. The molecule has 294 valence electrons. The lowest BCUT2D eigenvalue weighted by Crippen LogP contribution is -2.46. The van der Waals surface area contributed by atoms with Gasteiger partial charge in [0.1, 0.15) is 13.2 Å². The lowest BCUT2D eigenvalue weighted by atomic mass is 10.0. The van der Waals surface area contributed by atoms with Crippen LogP contribution in [0.4, 0.5) is 0 Å². The Balaban J connectivity index is 4.39. The topological polar surface area (TPSA) is 108 Å². The zero-order valence-corrected chi connectivity index (χ0v) is 34.1. The molecular formula is C40H83N2O6P. The standard InChI is InChI=1S/C40H83N2O6P/c1-6-8-10-12-14-16-18-20-22-24-26-28-30-32-34-40(44)41-38(37-48-49(45,46)47-36-35-42(3,4)5)39(43)33-31-29-27-25-23-21-19-17-15-13-11-9-7-2/h38-39,43H,6-37H2,1-5H3,(H-,41,44,45,46). The van der Waals surface area contributed by atoms with Gasteiger partial charge in [-0.1, -0.05) is 181 Å². The summed E-state index contributed by atoms with van der Waals surface area (Å²) in [4.78, 5) is 25.2. The molecule has 0 aliphatic heterocycles. The fraction of sp³-hybridized carbons (Fsp3) is 0.975. The monoisotopic (exact) mass is 719 g/mol. The third-order valence-electron chi connectivity index (χ3n) is 9.60. The fourth-order valence-corrected chi connectivity index (χ4v) is 6.94. The minimum Gasteiger partial charge on any atom is -0.756 e. The van der Waals surface area contributed by atoms with Gasteiger partial charge in [0.05, 0.1) is 39.9 Å². The first-order valence-electron chi connectivity index (χ1n) is 20.9. The van der Waals surface area contributed by atoms with Crippen LogP contribution in [0.1, 0.15) is 200 Å². The number of unbranched alkanes of at least 4 members (excludes halogenated alkanes) is 25. The third-order valence-corrected chi connectivity index (χ3v) is 10.6. The van der Waals surface area contributed by atoms with Crippen LogP contribution < -0.4 is 10.2 Å². The average Bonchev–Trinajstić information content (AvgIpc) is 3.04. The van der Waals surface area contributed by atoms with Crippen molar-refractivity contribution < 1.29 is 32.9 Å². The van der Waals surface area contributed by atoms with Crippen molar-refractivity contribution in [3.05, 3.63) is 0 Å². The van der Waals surface area contributed by atoms with Crippen LogP contribution >= 0.6 is 7.82 Å². The van der Waals surface area contributed by atoms with Crippen LogP contribution in [0.3, 0.4) is 0 Å². The molecule has 0 fully saturated rings. The van der Waals surface area contributed by atoms with Gasteiger partial charge < -0.3 is 28.8 Å². The molecule has 9 heteroatoms. The van der Waals surface area contributed by atoms with Crippen LogP contribution in [-0.4, -0.2) is 68.5 Å². The van der Waals surface area contributed by atoms with Crippen molar-refractivity contribution in [2.75, 3.05) is 40.9 Å². The number of likely N-dealkylation sites (N-methyl/N-ethyl adjacent to an activating group) is 1. The highest BCUT2D eigenvalue weighted by Gasteiger charge is 2.24. The highest BCUT2D eigenvalue weighted by Crippen LogP contribution is 2.38. The van der Waals surface area contributed by atoms with Gasteiger partial charge in [-0.05, 0) is 12.8 Å². The van der Waals surface area contributed by atoms with Gasteiger partial charge in [-0.2, -0.15) is 0 Å². The summed E-state index contributed by atoms with van der Waals surface area (Å²) in [6.07, 6.45) is 33.8. The average molecular weight is 719 g/mol. The van der Waals surface area contributed by atoms with Crippen LogP contribution in [-0.2, 0) is 18.4 Å². The highest BCUT2D eigenvalue weighted by molar-refractivity contribution is 7.45. The number of carbonyl (C=O) groups is 1. The molecule has 0 aromatic carbocycles. The number of nitrogens with zero attached hydrogens (tertiary/aromatic N) is 1. The Kier molecular flexibility index (Phi) is 33.0. The Morgan fingerprint density at radius 1 is 0.633 bits per heavy atom. The fourth-order valence-electron chi connectivity index (χ4n) is 6.22. The first-order chi connectivity index (χ1) is 23.5. The van der Waals surface area contributed by atoms with E-state index in [4.69, 9.17) is 9.05 Å². The van der Waals surface area contributed by atoms with Gasteiger partial charge in [0.25, 0.3) is 7.82 Å². The molecule has 3 unspecified atom stereocenters. The summed E-state index contributed by atoms with van der Waals surface area (Å²) in [5.74, 6) is -0.163. The first kappa shape index (κ1) is 48.5. The molecule has 0 radical (unpaired) electrons. The Bertz CT molecular complexity index is 778. The molecule has 2 N–H and O–H groups in total. The van der Waals surface area contributed by atoms with E-state index in [1.54, 1.807) is 0 Å². The Morgan fingerprint density at radius 2 is 1.00 bits per heavy atom. The van der Waals surface area contributed by atoms with Crippen molar-refractivity contribution in [2.24, 2.45) is 0 Å². The third kappa shape index (κ3) is 35.7. The number of hydrogen-bond donors (Lipinski definition) is 2. The van der Waals surface area contributed by atoms with E-state index in [0.717, 1.165) is 38.5 Å². The van der Waals surface area contributed by atoms with Crippen LogP contribution in [0.5, 0.6) is 0 Å². The second kappa shape index (κ2) is 33.3. The van der Waals surface area contributed by atoms with E-state index in [-0.39, 0.29) is 19.1 Å². The Morgan fingerprint density at radius 3 is 1.39 bits per heavy atom. The number of rotatable bonds is 38. The predicted molar refractivity (Wildman–Crippen MR) is 206 cm³/mol. The van der Waals surface area contributed by atoms with Gasteiger partial charge in [-0.25, -0.2) is 0 Å². The van der Waals surface area contributed by atoms with Crippen LogP contribution in [0.15, 0.2) is 0 Å². The number of amides is 1. The second-order valence-corrected chi connectivity index (χ2v) is 17.1. The predicted octanol–water partition coefficient (Wildman–Crippen LogP) is 10.4. The number of hydrogen-bond acceptors (Lipinski definition) is 6. The maximum absolute atomic E-state index is 12.8. The van der Waals surface area contributed by atoms with E-state index in [1.165, 1.54) is 135 Å². The minimum atomic E-state index is -4.55. The summed E-state index contributed by atoms with van der Waals surface area (Å²) < 4.78 is 23.2. The summed E-state index contributed by atoms with van der Waals surface area (Å²) in [7, 11) is 1.31. The molecule has 0 aromatic rings. The Labute approximate surface area is 304 Å². The number of aliphatic hydroxyl groups is 1. The van der Waals surface area contributed by atoms with E-state index < -0.39 is 20.0 Å². The highest BCUT2D eigenvalue weighted by atomic mass is 31.2. The smallest absolute Gasteiger partial charge is 0.268 e. The maximum atomic E-state index is 12.8. The van der Waals surface area contributed by atoms with Gasteiger partial charge in [0.2, 0.25) is 5.91 Å². The lowest BCUT2D eigenvalue weighted by Gasteiger charge is -2.30. The molecule has 0 heterocycles. The largest absolute Gasteiger partial charge is 0.756 e. The molecular weight excluding hydrogens is 635 g/mol. The van der Waals surface area contributed by atoms with Crippen LogP contribution in [0.25, 0.3) is 0 Å². The summed E-state index contributed by atoms with van der Waals surface area (Å²) in [5, 5.41) is 13.9. The van der Waals surface area contributed by atoms with Crippen molar-refractivity contribution in [3.8, 4) is 0 Å². The minimum absolute atomic E-state index is 0.0158. The molecule has 0 aliphatic carbocycles. The molecule has 0 aromatic heterocycles. The summed E-state index contributed by atoms with van der Waals surface area (Å²) >= 11 is 0. The van der Waals surface area contributed by atoms with Crippen molar-refractivity contribution >= 4 is 13.7 Å². The Hall–Kier alpha value is -0.500. The van der Waals surface area contributed by atoms with E-state index in [9.17, 15) is 19.4 Å². The van der Waals surface area contributed by atoms with Crippen LogP contribution in [0.2, 0.25) is 0 Å². The number of nitrogens with one attached hydrogen (secondary N) is 1. The molecule has 0 saturated carbocycles. The zero-order valence-electron chi connectivity index (χ0n) is 33.2. The summed E-state index contributed by atoms with van der Waals surface area (Å²) in [6.45, 7) is 4.72. The first-order valence-corrected chi connectivity index (χ1v) is 22.3. The van der Waals surface area contributed by atoms with Crippen molar-refractivity contribution in [3.63, 3.8) is 0 Å². The van der Waals surface area contributed by atoms with E-state index in [1.807, 2.05) is 21.1 Å². The molecule has 49 heavy (non-hydrogen) atoms. The SMILES string of the molecule is CCCCCCCCCCCCCCCCC(=O)NC(COP(=O)([O-])OCC[N+](C)(C)C)C(O)CCCCCCCCCCCCCCC. The van der Waals surface area contributed by atoms with Gasteiger partial charge in [0, 0.05) is 6.42 Å². The summed E-state index contributed by atoms with van der Waals surface area (Å²) in [6, 6.07) is -0.791. The lowest BCUT2D eigenvalue weighted by molar-refractivity contribution is -0.870. The van der Waals surface area contributed by atoms with Gasteiger partial charge in [-0.15, -0.1) is 0 Å². The molecule has 0 aliphatic rings. The van der Waals surface area contributed by atoms with Crippen molar-refractivity contribution in [1.29, 1.82) is 0 Å². The number of quaternary nitrogens is 1. The maximum Gasteiger partial charge on any atom is 0.268 e. The van der Waals surface area contributed by atoms with E-state index in [0.29, 0.717) is 23.9 Å². The van der Waals surface area contributed by atoms with Gasteiger partial charge in [0.15, 0.2) is 0 Å². The molecule has 0 saturated heterocycles. The van der Waals surface area contributed by atoms with Crippen LogP contribution in [0, 0.1) is 0 Å².